The molecule has 1 heterocycles. The summed E-state index contributed by atoms with van der Waals surface area (Å²) in [6, 6.07) is 6.94. The molecular weight excluding hydrogens is 205 g/mol. The Balaban J connectivity index is 2.45. The van der Waals surface area contributed by atoms with Crippen molar-refractivity contribution in [2.75, 3.05) is 0 Å². The lowest BCUT2D eigenvalue weighted by Crippen LogP contribution is -2.22. The fourth-order valence-electron chi connectivity index (χ4n) is 2.25. The largest absolute Gasteiger partial charge is 0.309 e. The normalized spacial score (nSPS) is 15.6. The Bertz CT molecular complexity index is 626. The molecule has 1 aromatic carbocycles. The van der Waals surface area contributed by atoms with Gasteiger partial charge in [0.15, 0.2) is 0 Å². The number of nitrogens with zero attached hydrogens (tertiary/aromatic N) is 1. The van der Waals surface area contributed by atoms with Gasteiger partial charge in [0.25, 0.3) is 5.56 Å². The van der Waals surface area contributed by atoms with Gasteiger partial charge in [-0.3, -0.25) is 4.79 Å². The molecular formula is C13H12FNO. The van der Waals surface area contributed by atoms with Crippen molar-refractivity contribution in [3.8, 4) is 0 Å². The van der Waals surface area contributed by atoms with Crippen molar-refractivity contribution in [1.29, 1.82) is 0 Å². The Labute approximate surface area is 92.3 Å². The van der Waals surface area contributed by atoms with E-state index in [2.05, 4.69) is 0 Å². The van der Waals surface area contributed by atoms with Crippen molar-refractivity contribution < 1.29 is 4.39 Å². The molecule has 0 N–H and O–H groups in total. The number of benzene rings is 1. The van der Waals surface area contributed by atoms with Crippen molar-refractivity contribution in [2.24, 2.45) is 0 Å². The summed E-state index contributed by atoms with van der Waals surface area (Å²) in [5.74, 6) is -0.420. The van der Waals surface area contributed by atoms with E-state index in [1.807, 2.05) is 13.0 Å². The third-order valence-corrected chi connectivity index (χ3v) is 3.13. The highest BCUT2D eigenvalue weighted by atomic mass is 19.1. The van der Waals surface area contributed by atoms with E-state index in [-0.39, 0.29) is 17.0 Å². The third kappa shape index (κ3) is 1.28. The number of halogens is 1. The van der Waals surface area contributed by atoms with E-state index < -0.39 is 5.82 Å². The van der Waals surface area contributed by atoms with E-state index in [0.29, 0.717) is 5.39 Å². The van der Waals surface area contributed by atoms with Crippen LogP contribution in [0.2, 0.25) is 0 Å². The second-order valence-corrected chi connectivity index (χ2v) is 4.40. The second kappa shape index (κ2) is 3.17. The molecule has 1 fully saturated rings. The molecule has 2 nitrogen and oxygen atoms in total. The van der Waals surface area contributed by atoms with Crippen molar-refractivity contribution in [1.82, 2.24) is 4.57 Å². The minimum absolute atomic E-state index is 0.185. The van der Waals surface area contributed by atoms with Gasteiger partial charge in [-0.25, -0.2) is 4.39 Å². The fraction of sp³-hybridized carbons (Fsp3) is 0.308. The van der Waals surface area contributed by atoms with Crippen LogP contribution in [0.5, 0.6) is 0 Å². The lowest BCUT2D eigenvalue weighted by Gasteiger charge is -2.10. The van der Waals surface area contributed by atoms with Crippen LogP contribution in [0, 0.1) is 12.7 Å². The molecule has 16 heavy (non-hydrogen) atoms. The molecule has 0 spiro atoms. The van der Waals surface area contributed by atoms with Crippen LogP contribution >= 0.6 is 0 Å². The first kappa shape index (κ1) is 9.58. The quantitative estimate of drug-likeness (QED) is 0.720. The van der Waals surface area contributed by atoms with Gasteiger partial charge in [0.05, 0.1) is 5.39 Å². The van der Waals surface area contributed by atoms with E-state index in [0.717, 1.165) is 18.5 Å². The van der Waals surface area contributed by atoms with Gasteiger partial charge in [0, 0.05) is 11.7 Å². The highest BCUT2D eigenvalue weighted by Gasteiger charge is 2.26. The summed E-state index contributed by atoms with van der Waals surface area (Å²) in [5, 5.41) is 0.916. The molecule has 3 heteroatoms. The molecule has 0 aliphatic heterocycles. The number of aromatic nitrogens is 1. The summed E-state index contributed by atoms with van der Waals surface area (Å²) in [6.45, 7) is 1.91. The topological polar surface area (TPSA) is 22.0 Å². The zero-order valence-corrected chi connectivity index (χ0v) is 9.03. The standard InChI is InChI=1S/C13H12FNO/c1-8-7-9-3-2-4-11(14)12(9)13(16)15(8)10-5-6-10/h2-4,7,10H,5-6H2,1H3. The molecule has 2 aromatic rings. The van der Waals surface area contributed by atoms with Crippen LogP contribution in [0.4, 0.5) is 4.39 Å². The summed E-state index contributed by atoms with van der Waals surface area (Å²) >= 11 is 0. The molecule has 82 valence electrons. The van der Waals surface area contributed by atoms with Crippen LogP contribution in [0.1, 0.15) is 24.6 Å². The Hall–Kier alpha value is -1.64. The molecule has 0 saturated heterocycles. The maximum absolute atomic E-state index is 13.6. The first-order valence-electron chi connectivity index (χ1n) is 5.49. The van der Waals surface area contributed by atoms with Gasteiger partial charge in [-0.05, 0) is 37.3 Å². The van der Waals surface area contributed by atoms with Crippen LogP contribution in [-0.2, 0) is 0 Å². The fourth-order valence-corrected chi connectivity index (χ4v) is 2.25. The van der Waals surface area contributed by atoms with Gasteiger partial charge in [0.1, 0.15) is 5.82 Å². The summed E-state index contributed by atoms with van der Waals surface area (Å²) in [7, 11) is 0. The van der Waals surface area contributed by atoms with E-state index in [1.54, 1.807) is 16.7 Å². The van der Waals surface area contributed by atoms with Crippen LogP contribution in [0.25, 0.3) is 10.8 Å². The van der Waals surface area contributed by atoms with Gasteiger partial charge in [0.2, 0.25) is 0 Å². The van der Waals surface area contributed by atoms with Crippen LogP contribution in [0.3, 0.4) is 0 Å². The highest BCUT2D eigenvalue weighted by Crippen LogP contribution is 2.35. The van der Waals surface area contributed by atoms with Crippen LogP contribution in [0.15, 0.2) is 29.1 Å². The molecule has 3 rings (SSSR count). The van der Waals surface area contributed by atoms with Crippen LogP contribution in [-0.4, -0.2) is 4.57 Å². The summed E-state index contributed by atoms with van der Waals surface area (Å²) < 4.78 is 15.4. The highest BCUT2D eigenvalue weighted by molar-refractivity contribution is 5.82. The van der Waals surface area contributed by atoms with E-state index in [4.69, 9.17) is 0 Å². The molecule has 0 atom stereocenters. The van der Waals surface area contributed by atoms with E-state index in [1.165, 1.54) is 6.07 Å². The number of fused-ring (bicyclic) bond motifs is 1. The minimum atomic E-state index is -0.420. The van der Waals surface area contributed by atoms with Gasteiger partial charge in [-0.1, -0.05) is 12.1 Å². The molecule has 1 aliphatic carbocycles. The van der Waals surface area contributed by atoms with Gasteiger partial charge in [-0.15, -0.1) is 0 Å². The minimum Gasteiger partial charge on any atom is -0.309 e. The molecule has 1 saturated carbocycles. The zero-order valence-electron chi connectivity index (χ0n) is 9.03. The van der Waals surface area contributed by atoms with Gasteiger partial charge in [-0.2, -0.15) is 0 Å². The van der Waals surface area contributed by atoms with Gasteiger partial charge < -0.3 is 4.57 Å². The lowest BCUT2D eigenvalue weighted by atomic mass is 10.1. The first-order chi connectivity index (χ1) is 7.68. The average molecular weight is 217 g/mol. The number of pyridine rings is 1. The van der Waals surface area contributed by atoms with Gasteiger partial charge >= 0.3 is 0 Å². The Morgan fingerprint density at radius 3 is 2.81 bits per heavy atom. The number of aryl methyl sites for hydroxylation is 1. The van der Waals surface area contributed by atoms with E-state index >= 15 is 0 Å². The predicted octanol–water partition coefficient (Wildman–Crippen LogP) is 2.78. The predicted molar refractivity (Wildman–Crippen MR) is 61.2 cm³/mol. The first-order valence-corrected chi connectivity index (χ1v) is 5.49. The Kier molecular flexibility index (Phi) is 1.90. The van der Waals surface area contributed by atoms with E-state index in [9.17, 15) is 9.18 Å². The Morgan fingerprint density at radius 1 is 1.38 bits per heavy atom. The van der Waals surface area contributed by atoms with Crippen molar-refractivity contribution >= 4 is 10.8 Å². The third-order valence-electron chi connectivity index (χ3n) is 3.13. The molecule has 0 unspecified atom stereocenters. The SMILES string of the molecule is Cc1cc2cccc(F)c2c(=O)n1C1CC1. The summed E-state index contributed by atoms with van der Waals surface area (Å²) in [5.41, 5.74) is 0.737. The monoisotopic (exact) mass is 217 g/mol. The van der Waals surface area contributed by atoms with Crippen molar-refractivity contribution in [3.63, 3.8) is 0 Å². The number of hydrogen-bond acceptors (Lipinski definition) is 1. The van der Waals surface area contributed by atoms with Crippen molar-refractivity contribution in [2.45, 2.75) is 25.8 Å². The molecule has 0 radical (unpaired) electrons. The maximum Gasteiger partial charge on any atom is 0.261 e. The maximum atomic E-state index is 13.6. The number of rotatable bonds is 1. The summed E-state index contributed by atoms with van der Waals surface area (Å²) in [6.07, 6.45) is 2.06. The smallest absolute Gasteiger partial charge is 0.261 e. The molecule has 0 amide bonds. The second-order valence-electron chi connectivity index (χ2n) is 4.40. The molecule has 1 aromatic heterocycles. The number of hydrogen-bond donors (Lipinski definition) is 0. The van der Waals surface area contributed by atoms with Crippen molar-refractivity contribution in [3.05, 3.63) is 46.1 Å². The molecule has 1 aliphatic rings. The summed E-state index contributed by atoms with van der Waals surface area (Å²) in [4.78, 5) is 12.2. The Morgan fingerprint density at radius 2 is 2.12 bits per heavy atom. The lowest BCUT2D eigenvalue weighted by molar-refractivity contribution is 0.631. The average Bonchev–Trinajstić information content (AvgIpc) is 3.01. The van der Waals surface area contributed by atoms with Crippen LogP contribution < -0.4 is 5.56 Å². The molecule has 0 bridgehead atoms. The zero-order chi connectivity index (χ0) is 11.3.